The number of hydrogen-bond donors (Lipinski definition) is 3. The first-order chi connectivity index (χ1) is 20.7. The molecule has 1 aromatic heterocycles. The molecule has 10 heteroatoms. The molecule has 0 unspecified atom stereocenters. The third kappa shape index (κ3) is 4.78. The minimum absolute atomic E-state index is 0.0241. The molecule has 10 nitrogen and oxygen atoms in total. The van der Waals surface area contributed by atoms with E-state index in [0.717, 1.165) is 32.6 Å². The quantitative estimate of drug-likeness (QED) is 0.254. The number of methoxy groups -OCH3 is 1. The summed E-state index contributed by atoms with van der Waals surface area (Å²) < 4.78 is 5.48. The number of carboxylic acid groups (broad SMARTS) is 1. The van der Waals surface area contributed by atoms with Crippen molar-refractivity contribution in [3.63, 3.8) is 0 Å². The number of imide groups is 1. The molecule has 0 radical (unpaired) electrons. The maximum Gasteiger partial charge on any atom is 0.332 e. The molecule has 3 aromatic carbocycles. The number of carbonyl (C=O) groups is 4. The van der Waals surface area contributed by atoms with Gasteiger partial charge in [0, 0.05) is 23.0 Å². The van der Waals surface area contributed by atoms with Crippen LogP contribution in [0.25, 0.3) is 10.9 Å². The summed E-state index contributed by atoms with van der Waals surface area (Å²) in [6.07, 6.45) is 0.527. The number of urea groups is 1. The van der Waals surface area contributed by atoms with Crippen LogP contribution >= 0.6 is 0 Å². The summed E-state index contributed by atoms with van der Waals surface area (Å²) in [5.41, 5.74) is 3.60. The van der Waals surface area contributed by atoms with Crippen LogP contribution in [0.2, 0.25) is 0 Å². The van der Waals surface area contributed by atoms with Gasteiger partial charge < -0.3 is 20.1 Å². The van der Waals surface area contributed by atoms with Crippen LogP contribution in [0.1, 0.15) is 53.5 Å². The number of nitrogens with one attached hydrogen (secondary N) is 2. The van der Waals surface area contributed by atoms with Crippen LogP contribution in [0.4, 0.5) is 10.5 Å². The van der Waals surface area contributed by atoms with E-state index in [2.05, 4.69) is 10.3 Å². The van der Waals surface area contributed by atoms with Crippen molar-refractivity contribution in [1.29, 1.82) is 0 Å². The minimum Gasteiger partial charge on any atom is -0.497 e. The number of aliphatic carboxylic acids is 1. The summed E-state index contributed by atoms with van der Waals surface area (Å²) in [5, 5.41) is 13.2. The van der Waals surface area contributed by atoms with E-state index in [1.165, 1.54) is 12.1 Å². The predicted octanol–water partition coefficient (Wildman–Crippen LogP) is 4.89. The molecule has 3 heterocycles. The van der Waals surface area contributed by atoms with Crippen LogP contribution in [0, 0.1) is 5.92 Å². The molecule has 43 heavy (non-hydrogen) atoms. The molecule has 6 rings (SSSR count). The highest BCUT2D eigenvalue weighted by Gasteiger charge is 2.53. The Morgan fingerprint density at radius 2 is 1.79 bits per heavy atom. The first-order valence-corrected chi connectivity index (χ1v) is 14.2. The second-order valence-corrected chi connectivity index (χ2v) is 11.3. The number of hydrogen-bond acceptors (Lipinski definition) is 5. The predicted molar refractivity (Wildman–Crippen MR) is 160 cm³/mol. The smallest absolute Gasteiger partial charge is 0.332 e. The molecule has 3 atom stereocenters. The maximum atomic E-state index is 14.3. The van der Waals surface area contributed by atoms with Crippen LogP contribution in [0.5, 0.6) is 5.75 Å². The summed E-state index contributed by atoms with van der Waals surface area (Å²) in [6.45, 7) is 3.73. The molecule has 1 saturated heterocycles. The number of rotatable bonds is 8. The van der Waals surface area contributed by atoms with Gasteiger partial charge in [0.25, 0.3) is 11.8 Å². The normalized spacial score (nSPS) is 18.5. The van der Waals surface area contributed by atoms with Gasteiger partial charge in [-0.15, -0.1) is 0 Å². The molecule has 3 N–H and O–H groups in total. The van der Waals surface area contributed by atoms with Crippen LogP contribution in [0.3, 0.4) is 0 Å². The van der Waals surface area contributed by atoms with Gasteiger partial charge >= 0.3 is 12.0 Å². The average molecular weight is 581 g/mol. The number of para-hydroxylation sites is 2. The van der Waals surface area contributed by atoms with Crippen molar-refractivity contribution in [2.75, 3.05) is 12.0 Å². The van der Waals surface area contributed by atoms with Gasteiger partial charge in [-0.05, 0) is 53.8 Å². The lowest BCUT2D eigenvalue weighted by atomic mass is 9.89. The standard InChI is InChI=1S/C33H32N4O6/c1-18(2)15-25(32(40)41)35-30(38)22-12-5-7-14-26(22)37-31(39)27-17-23-21-11-4-6-13-24(21)34-28(23)29(36(27)33(37)42)19-9-8-10-20(16-19)43-3/h4-14,16,18,25,27,29,34H,15,17H2,1-3H3,(H,35,38)(H,40,41)/t25-,27-,29-/m0/s1. The first-order valence-electron chi connectivity index (χ1n) is 14.2. The molecular formula is C33H32N4O6. The number of anilines is 1. The topological polar surface area (TPSA) is 132 Å². The number of amides is 4. The molecule has 4 amide bonds. The number of ether oxygens (including phenoxy) is 1. The Bertz CT molecular complexity index is 1760. The molecule has 4 aromatic rings. The SMILES string of the molecule is COc1cccc([C@H]2c3[nH]c4ccccc4c3C[C@H]3C(=O)N(c4ccccc4C(=O)N[C@@H](CC(C)C)C(=O)O)C(=O)N23)c1. The van der Waals surface area contributed by atoms with Gasteiger partial charge in [-0.3, -0.25) is 14.5 Å². The Balaban J connectivity index is 1.43. The van der Waals surface area contributed by atoms with E-state index in [4.69, 9.17) is 4.74 Å². The number of nitrogens with zero attached hydrogens (tertiary/aromatic N) is 2. The molecule has 220 valence electrons. The summed E-state index contributed by atoms with van der Waals surface area (Å²) in [6, 6.07) is 18.4. The Labute approximate surface area is 248 Å². The molecule has 0 saturated carbocycles. The van der Waals surface area contributed by atoms with Crippen molar-refractivity contribution < 1.29 is 29.0 Å². The second kappa shape index (κ2) is 10.9. The van der Waals surface area contributed by atoms with Gasteiger partial charge in [0.15, 0.2) is 0 Å². The van der Waals surface area contributed by atoms with Crippen molar-refractivity contribution in [1.82, 2.24) is 15.2 Å². The molecule has 2 aliphatic heterocycles. The molecular weight excluding hydrogens is 548 g/mol. The lowest BCUT2D eigenvalue weighted by molar-refractivity contribution is -0.139. The van der Waals surface area contributed by atoms with Crippen LogP contribution in [0.15, 0.2) is 72.8 Å². The molecule has 2 aliphatic rings. The van der Waals surface area contributed by atoms with Crippen LogP contribution in [-0.2, 0) is 16.0 Å². The lowest BCUT2D eigenvalue weighted by Gasteiger charge is -2.36. The van der Waals surface area contributed by atoms with Crippen molar-refractivity contribution in [3.05, 3.63) is 95.2 Å². The van der Waals surface area contributed by atoms with E-state index < -0.39 is 41.9 Å². The third-order valence-electron chi connectivity index (χ3n) is 8.16. The lowest BCUT2D eigenvalue weighted by Crippen LogP contribution is -2.44. The van der Waals surface area contributed by atoms with Gasteiger partial charge in [-0.1, -0.05) is 56.3 Å². The highest BCUT2D eigenvalue weighted by molar-refractivity contribution is 6.24. The number of benzene rings is 3. The summed E-state index contributed by atoms with van der Waals surface area (Å²) in [7, 11) is 1.57. The van der Waals surface area contributed by atoms with E-state index in [-0.39, 0.29) is 23.6 Å². The number of aromatic amines is 1. The highest BCUT2D eigenvalue weighted by atomic mass is 16.5. The Morgan fingerprint density at radius 3 is 2.53 bits per heavy atom. The van der Waals surface area contributed by atoms with Gasteiger partial charge in [0.05, 0.1) is 18.4 Å². The zero-order chi connectivity index (χ0) is 30.4. The Morgan fingerprint density at radius 1 is 1.05 bits per heavy atom. The van der Waals surface area contributed by atoms with Crippen molar-refractivity contribution in [2.45, 2.75) is 44.8 Å². The fourth-order valence-electron chi connectivity index (χ4n) is 6.24. The van der Waals surface area contributed by atoms with E-state index in [1.54, 1.807) is 24.1 Å². The van der Waals surface area contributed by atoms with Crippen molar-refractivity contribution >= 4 is 40.4 Å². The molecule has 1 fully saturated rings. The van der Waals surface area contributed by atoms with Crippen LogP contribution in [-0.4, -0.2) is 58.0 Å². The monoisotopic (exact) mass is 580 g/mol. The van der Waals surface area contributed by atoms with Gasteiger partial charge in [0.1, 0.15) is 23.9 Å². The van der Waals surface area contributed by atoms with Gasteiger partial charge in [-0.25, -0.2) is 14.5 Å². The number of carboxylic acids is 1. The summed E-state index contributed by atoms with van der Waals surface area (Å²) in [4.78, 5) is 59.9. The van der Waals surface area contributed by atoms with Crippen molar-refractivity contribution in [3.8, 4) is 5.75 Å². The largest absolute Gasteiger partial charge is 0.497 e. The highest BCUT2D eigenvalue weighted by Crippen LogP contribution is 2.45. The van der Waals surface area contributed by atoms with Gasteiger partial charge in [-0.2, -0.15) is 0 Å². The average Bonchev–Trinajstić information content (AvgIpc) is 3.49. The third-order valence-corrected chi connectivity index (χ3v) is 8.16. The molecule has 0 aliphatic carbocycles. The van der Waals surface area contributed by atoms with E-state index in [9.17, 15) is 24.3 Å². The fourth-order valence-corrected chi connectivity index (χ4v) is 6.24. The summed E-state index contributed by atoms with van der Waals surface area (Å²) in [5.74, 6) is -1.64. The zero-order valence-electron chi connectivity index (χ0n) is 24.0. The number of aromatic nitrogens is 1. The molecule has 0 bridgehead atoms. The number of carbonyl (C=O) groups excluding carboxylic acids is 3. The fraction of sp³-hybridized carbons (Fsp3) is 0.273. The van der Waals surface area contributed by atoms with Gasteiger partial charge in [0.2, 0.25) is 0 Å². The maximum absolute atomic E-state index is 14.3. The number of H-pyrrole nitrogens is 1. The Hall–Kier alpha value is -5.12. The second-order valence-electron chi connectivity index (χ2n) is 11.3. The zero-order valence-corrected chi connectivity index (χ0v) is 24.0. The van der Waals surface area contributed by atoms with Crippen LogP contribution < -0.4 is 15.0 Å². The van der Waals surface area contributed by atoms with E-state index >= 15 is 0 Å². The van der Waals surface area contributed by atoms with E-state index in [0.29, 0.717) is 12.2 Å². The van der Waals surface area contributed by atoms with Crippen molar-refractivity contribution in [2.24, 2.45) is 5.92 Å². The number of fused-ring (bicyclic) bond motifs is 4. The first kappa shape index (κ1) is 28.0. The van der Waals surface area contributed by atoms with E-state index in [1.807, 2.05) is 62.4 Å². The minimum atomic E-state index is -1.15. The molecule has 0 spiro atoms. The summed E-state index contributed by atoms with van der Waals surface area (Å²) >= 11 is 0. The Kier molecular flexibility index (Phi) is 7.13.